The van der Waals surface area contributed by atoms with Gasteiger partial charge in [-0.2, -0.15) is 0 Å². The highest BCUT2D eigenvalue weighted by molar-refractivity contribution is 6.01. The Kier molecular flexibility index (Phi) is 10.3. The predicted molar refractivity (Wildman–Crippen MR) is 180 cm³/mol. The number of nitrogens with zero attached hydrogens (tertiary/aromatic N) is 2. The number of Topliss-reactive ketones (excluding diaryl/α,β-unsaturated/α-hetero) is 1. The summed E-state index contributed by atoms with van der Waals surface area (Å²) < 4.78 is 0. The number of fused-ring (bicyclic) bond motifs is 1. The Morgan fingerprint density at radius 2 is 1.70 bits per heavy atom. The standard InChI is InChI=1S/C37H47N5O/c1-26-8-11-31(27(2)18-26)21-34(39)23-42-22-28(3)41(24-36(42)19-29-9-14-35(15-10-29)40-17-16-38)25-37(43)33-13-12-30-6-4-5-7-32(30)20-33/h4-15,18,20,28,34,36,40H,16-17,19,21-25,38-39H2,1-3H3/t28-,34-,36+/m1/s1. The van der Waals surface area contributed by atoms with Crippen LogP contribution < -0.4 is 16.8 Å². The smallest absolute Gasteiger partial charge is 0.176 e. The van der Waals surface area contributed by atoms with Crippen LogP contribution in [0.15, 0.2) is 84.9 Å². The van der Waals surface area contributed by atoms with Crippen LogP contribution in [0.25, 0.3) is 10.8 Å². The number of nitrogens with one attached hydrogen (secondary N) is 1. The molecule has 0 unspecified atom stereocenters. The second kappa shape index (κ2) is 14.3. The quantitative estimate of drug-likeness (QED) is 0.201. The van der Waals surface area contributed by atoms with Crippen LogP contribution in [0.4, 0.5) is 5.69 Å². The lowest BCUT2D eigenvalue weighted by molar-refractivity contribution is 0.0313. The van der Waals surface area contributed by atoms with E-state index in [4.69, 9.17) is 11.5 Å². The van der Waals surface area contributed by atoms with Crippen molar-refractivity contribution in [1.29, 1.82) is 0 Å². The molecule has 5 N–H and O–H groups in total. The molecule has 1 heterocycles. The SMILES string of the molecule is Cc1ccc(C[C@@H](N)CN2C[C@@H](C)N(CC(=O)c3ccc4ccccc4c3)C[C@@H]2Cc2ccc(NCCN)cc2)c(C)c1. The van der Waals surface area contributed by atoms with Crippen LogP contribution in [-0.4, -0.2) is 73.0 Å². The van der Waals surface area contributed by atoms with Crippen LogP contribution in [0.3, 0.4) is 0 Å². The summed E-state index contributed by atoms with van der Waals surface area (Å²) in [5.41, 5.74) is 19.5. The molecule has 4 aromatic rings. The number of ketones is 1. The van der Waals surface area contributed by atoms with Gasteiger partial charge in [-0.3, -0.25) is 14.6 Å². The predicted octanol–water partition coefficient (Wildman–Crippen LogP) is 5.20. The maximum absolute atomic E-state index is 13.5. The zero-order chi connectivity index (χ0) is 30.3. The second-order valence-corrected chi connectivity index (χ2v) is 12.4. The van der Waals surface area contributed by atoms with Gasteiger partial charge < -0.3 is 16.8 Å². The number of carbonyl (C=O) groups excluding carboxylic acids is 1. The Morgan fingerprint density at radius 1 is 0.930 bits per heavy atom. The molecule has 6 nitrogen and oxygen atoms in total. The minimum atomic E-state index is 0.0322. The van der Waals surface area contributed by atoms with Crippen molar-refractivity contribution >= 4 is 22.2 Å². The zero-order valence-electron chi connectivity index (χ0n) is 25.9. The first-order valence-electron chi connectivity index (χ1n) is 15.6. The summed E-state index contributed by atoms with van der Waals surface area (Å²) in [6.07, 6.45) is 1.76. The summed E-state index contributed by atoms with van der Waals surface area (Å²) in [7, 11) is 0. The molecule has 0 bridgehead atoms. The van der Waals surface area contributed by atoms with Crippen LogP contribution in [0.5, 0.6) is 0 Å². The van der Waals surface area contributed by atoms with E-state index >= 15 is 0 Å². The summed E-state index contributed by atoms with van der Waals surface area (Å²) in [6.45, 7) is 10.9. The minimum Gasteiger partial charge on any atom is -0.384 e. The van der Waals surface area contributed by atoms with Crippen molar-refractivity contribution in [3.05, 3.63) is 113 Å². The van der Waals surface area contributed by atoms with Gasteiger partial charge in [-0.1, -0.05) is 72.3 Å². The van der Waals surface area contributed by atoms with Crippen molar-refractivity contribution in [2.75, 3.05) is 44.6 Å². The fraction of sp³-hybridized carbons (Fsp3) is 0.378. The third-order valence-electron chi connectivity index (χ3n) is 8.85. The van der Waals surface area contributed by atoms with Gasteiger partial charge in [0.25, 0.3) is 0 Å². The summed E-state index contributed by atoms with van der Waals surface area (Å²) in [5, 5.41) is 5.61. The molecule has 0 spiro atoms. The number of nitrogens with two attached hydrogens (primary N) is 2. The molecular weight excluding hydrogens is 530 g/mol. The van der Waals surface area contributed by atoms with Gasteiger partial charge in [-0.05, 0) is 79.3 Å². The summed E-state index contributed by atoms with van der Waals surface area (Å²) >= 11 is 0. The molecule has 1 aliphatic rings. The van der Waals surface area contributed by atoms with Crippen LogP contribution in [0.2, 0.25) is 0 Å². The Labute approximate surface area is 257 Å². The van der Waals surface area contributed by atoms with E-state index in [2.05, 4.69) is 96.6 Å². The van der Waals surface area contributed by atoms with Gasteiger partial charge in [0.1, 0.15) is 0 Å². The molecule has 1 saturated heterocycles. The Balaban J connectivity index is 1.31. The average Bonchev–Trinajstić information content (AvgIpc) is 3.00. The van der Waals surface area contributed by atoms with Crippen molar-refractivity contribution < 1.29 is 4.79 Å². The maximum Gasteiger partial charge on any atom is 0.176 e. The highest BCUT2D eigenvalue weighted by atomic mass is 16.1. The van der Waals surface area contributed by atoms with E-state index in [0.29, 0.717) is 13.1 Å². The van der Waals surface area contributed by atoms with E-state index in [9.17, 15) is 4.79 Å². The number of piperazine rings is 1. The van der Waals surface area contributed by atoms with E-state index in [-0.39, 0.29) is 23.9 Å². The van der Waals surface area contributed by atoms with Crippen LogP contribution in [-0.2, 0) is 12.8 Å². The van der Waals surface area contributed by atoms with Crippen molar-refractivity contribution in [3.63, 3.8) is 0 Å². The lowest BCUT2D eigenvalue weighted by atomic mass is 9.96. The lowest BCUT2D eigenvalue weighted by Gasteiger charge is -2.46. The Morgan fingerprint density at radius 3 is 2.44 bits per heavy atom. The van der Waals surface area contributed by atoms with Gasteiger partial charge >= 0.3 is 0 Å². The largest absolute Gasteiger partial charge is 0.384 e. The third kappa shape index (κ3) is 8.09. The topological polar surface area (TPSA) is 87.6 Å². The first-order chi connectivity index (χ1) is 20.8. The van der Waals surface area contributed by atoms with Crippen molar-refractivity contribution in [2.45, 2.75) is 51.7 Å². The summed E-state index contributed by atoms with van der Waals surface area (Å²) in [6, 6.07) is 30.1. The van der Waals surface area contributed by atoms with Gasteiger partial charge in [-0.25, -0.2) is 0 Å². The molecule has 0 aromatic heterocycles. The van der Waals surface area contributed by atoms with E-state index in [1.807, 2.05) is 24.3 Å². The zero-order valence-corrected chi connectivity index (χ0v) is 25.9. The number of hydrogen-bond acceptors (Lipinski definition) is 6. The molecule has 4 aromatic carbocycles. The van der Waals surface area contributed by atoms with Gasteiger partial charge in [0, 0.05) is 62.1 Å². The van der Waals surface area contributed by atoms with Gasteiger partial charge in [0.2, 0.25) is 0 Å². The highest BCUT2D eigenvalue weighted by Crippen LogP contribution is 2.23. The second-order valence-electron chi connectivity index (χ2n) is 12.4. The number of hydrogen-bond donors (Lipinski definition) is 3. The number of carbonyl (C=O) groups is 1. The molecule has 1 aliphatic heterocycles. The third-order valence-corrected chi connectivity index (χ3v) is 8.85. The normalized spacial score (nSPS) is 18.5. The van der Waals surface area contributed by atoms with Gasteiger partial charge in [0.05, 0.1) is 6.54 Å². The fourth-order valence-corrected chi connectivity index (χ4v) is 6.42. The molecule has 6 heteroatoms. The first kappa shape index (κ1) is 30.9. The molecule has 0 saturated carbocycles. The monoisotopic (exact) mass is 577 g/mol. The van der Waals surface area contributed by atoms with Crippen LogP contribution in [0.1, 0.15) is 39.5 Å². The van der Waals surface area contributed by atoms with E-state index < -0.39 is 0 Å². The van der Waals surface area contributed by atoms with E-state index in [1.54, 1.807) is 0 Å². The molecule has 1 fully saturated rings. The summed E-state index contributed by atoms with van der Waals surface area (Å²) in [4.78, 5) is 18.5. The summed E-state index contributed by atoms with van der Waals surface area (Å²) in [5.74, 6) is 0.173. The molecule has 226 valence electrons. The molecule has 3 atom stereocenters. The van der Waals surface area contributed by atoms with Crippen LogP contribution >= 0.6 is 0 Å². The average molecular weight is 578 g/mol. The molecule has 0 radical (unpaired) electrons. The van der Waals surface area contributed by atoms with Gasteiger partial charge in [-0.15, -0.1) is 0 Å². The van der Waals surface area contributed by atoms with Crippen LogP contribution in [0, 0.1) is 13.8 Å². The van der Waals surface area contributed by atoms with E-state index in [0.717, 1.165) is 61.0 Å². The highest BCUT2D eigenvalue weighted by Gasteiger charge is 2.33. The Hall–Kier alpha value is -3.55. The molecule has 43 heavy (non-hydrogen) atoms. The molecule has 5 rings (SSSR count). The van der Waals surface area contributed by atoms with Crippen molar-refractivity contribution in [1.82, 2.24) is 9.80 Å². The van der Waals surface area contributed by atoms with E-state index in [1.165, 1.54) is 22.3 Å². The Bertz CT molecular complexity index is 1520. The number of benzene rings is 4. The lowest BCUT2D eigenvalue weighted by Crippen LogP contribution is -2.60. The van der Waals surface area contributed by atoms with Gasteiger partial charge in [0.15, 0.2) is 5.78 Å². The molecule has 0 amide bonds. The number of aryl methyl sites for hydroxylation is 2. The molecule has 0 aliphatic carbocycles. The molecular formula is C37H47N5O. The number of rotatable bonds is 12. The first-order valence-corrected chi connectivity index (χ1v) is 15.6. The maximum atomic E-state index is 13.5. The van der Waals surface area contributed by atoms with Crippen molar-refractivity contribution in [3.8, 4) is 0 Å². The minimum absolute atomic E-state index is 0.0322. The van der Waals surface area contributed by atoms with Crippen molar-refractivity contribution in [2.24, 2.45) is 11.5 Å². The fourth-order valence-electron chi connectivity index (χ4n) is 6.42. The number of anilines is 1.